The van der Waals surface area contributed by atoms with Gasteiger partial charge in [-0.15, -0.1) is 24.0 Å². The van der Waals surface area contributed by atoms with E-state index in [4.69, 9.17) is 4.99 Å². The smallest absolute Gasteiger partial charge is 0.211 e. The van der Waals surface area contributed by atoms with Crippen molar-refractivity contribution in [1.82, 2.24) is 14.5 Å². The number of halogens is 2. The summed E-state index contributed by atoms with van der Waals surface area (Å²) in [4.78, 5) is 6.74. The average Bonchev–Trinajstić information content (AvgIpc) is 2.60. The summed E-state index contributed by atoms with van der Waals surface area (Å²) in [5.74, 6) is 0.959. The van der Waals surface area contributed by atoms with Crippen LogP contribution < -0.4 is 5.32 Å². The second-order valence-corrected chi connectivity index (χ2v) is 8.77. The Bertz CT molecular complexity index is 705. The second-order valence-electron chi connectivity index (χ2n) is 6.78. The van der Waals surface area contributed by atoms with Crippen LogP contribution in [0.4, 0.5) is 4.39 Å². The van der Waals surface area contributed by atoms with Gasteiger partial charge in [-0.1, -0.05) is 12.1 Å². The summed E-state index contributed by atoms with van der Waals surface area (Å²) in [6.45, 7) is 5.24. The van der Waals surface area contributed by atoms with Gasteiger partial charge < -0.3 is 10.2 Å². The fourth-order valence-electron chi connectivity index (χ4n) is 3.05. The zero-order chi connectivity index (χ0) is 19.2. The number of aliphatic imine (C=N–C) groups is 1. The summed E-state index contributed by atoms with van der Waals surface area (Å²) in [7, 11) is -1.13. The first-order chi connectivity index (χ1) is 12.3. The third kappa shape index (κ3) is 7.90. The lowest BCUT2D eigenvalue weighted by atomic mass is 9.98. The number of nitrogens with one attached hydrogen (secondary N) is 1. The molecule has 154 valence electrons. The third-order valence-electron chi connectivity index (χ3n) is 4.57. The topological polar surface area (TPSA) is 65.0 Å². The molecule has 1 heterocycles. The van der Waals surface area contributed by atoms with Gasteiger partial charge in [0.2, 0.25) is 10.0 Å². The molecule has 0 unspecified atom stereocenters. The Labute approximate surface area is 179 Å². The Kier molecular flexibility index (Phi) is 9.96. The maximum atomic E-state index is 13.0. The quantitative estimate of drug-likeness (QED) is 0.362. The molecule has 1 fully saturated rings. The molecule has 6 nitrogen and oxygen atoms in total. The summed E-state index contributed by atoms with van der Waals surface area (Å²) in [5.41, 5.74) is 1.01. The van der Waals surface area contributed by atoms with E-state index in [0.717, 1.165) is 30.9 Å². The van der Waals surface area contributed by atoms with E-state index >= 15 is 0 Å². The lowest BCUT2D eigenvalue weighted by molar-refractivity contribution is 0.279. The van der Waals surface area contributed by atoms with Gasteiger partial charge in [-0.25, -0.2) is 17.1 Å². The van der Waals surface area contributed by atoms with Crippen LogP contribution >= 0.6 is 24.0 Å². The molecule has 0 bridgehead atoms. The van der Waals surface area contributed by atoms with Crippen molar-refractivity contribution in [2.24, 2.45) is 10.9 Å². The minimum Gasteiger partial charge on any atom is -0.357 e. The molecular formula is C18H30FIN4O2S. The van der Waals surface area contributed by atoms with Crippen LogP contribution in [-0.2, 0) is 16.6 Å². The van der Waals surface area contributed by atoms with E-state index in [1.54, 1.807) is 16.4 Å². The number of hydrogen-bond donors (Lipinski definition) is 1. The SMILES string of the molecule is CCNC(=NCC1CCN(S(C)(=O)=O)CC1)N(C)Cc1ccc(F)cc1.I. The molecule has 9 heteroatoms. The predicted octanol–water partition coefficient (Wildman–Crippen LogP) is 2.51. The van der Waals surface area contributed by atoms with Crippen molar-refractivity contribution in [3.8, 4) is 0 Å². The van der Waals surface area contributed by atoms with E-state index in [9.17, 15) is 12.8 Å². The standard InChI is InChI=1S/C18H29FN4O2S.HI/c1-4-20-18(22(2)14-16-5-7-17(19)8-6-16)21-13-15-9-11-23(12-10-15)26(3,24)25;/h5-8,15H,4,9-14H2,1-3H3,(H,20,21);1H. The first-order valence-electron chi connectivity index (χ1n) is 8.98. The fraction of sp³-hybridized carbons (Fsp3) is 0.611. The first kappa shape index (κ1) is 24.1. The van der Waals surface area contributed by atoms with Crippen molar-refractivity contribution >= 4 is 40.0 Å². The fourth-order valence-corrected chi connectivity index (χ4v) is 3.92. The Morgan fingerprint density at radius 3 is 2.41 bits per heavy atom. The van der Waals surface area contributed by atoms with E-state index in [0.29, 0.717) is 32.1 Å². The molecule has 1 aliphatic rings. The van der Waals surface area contributed by atoms with Crippen molar-refractivity contribution in [1.29, 1.82) is 0 Å². The molecule has 0 radical (unpaired) electrons. The van der Waals surface area contributed by atoms with E-state index in [1.807, 2.05) is 18.9 Å². The zero-order valence-corrected chi connectivity index (χ0v) is 19.3. The number of benzene rings is 1. The van der Waals surface area contributed by atoms with Crippen LogP contribution in [0.1, 0.15) is 25.3 Å². The molecule has 0 saturated carbocycles. The van der Waals surface area contributed by atoms with Gasteiger partial charge in [-0.05, 0) is 43.4 Å². The van der Waals surface area contributed by atoms with Gasteiger partial charge in [-0.3, -0.25) is 4.99 Å². The van der Waals surface area contributed by atoms with E-state index in [2.05, 4.69) is 5.32 Å². The van der Waals surface area contributed by atoms with Crippen molar-refractivity contribution in [3.05, 3.63) is 35.6 Å². The van der Waals surface area contributed by atoms with Crippen molar-refractivity contribution in [3.63, 3.8) is 0 Å². The monoisotopic (exact) mass is 512 g/mol. The molecule has 0 atom stereocenters. The van der Waals surface area contributed by atoms with Crippen molar-refractivity contribution < 1.29 is 12.8 Å². The Balaban J connectivity index is 0.00000364. The minimum absolute atomic E-state index is 0. The summed E-state index contributed by atoms with van der Waals surface area (Å²) < 4.78 is 37.8. The van der Waals surface area contributed by atoms with Crippen LogP contribution in [0.15, 0.2) is 29.3 Å². The number of piperidine rings is 1. The van der Waals surface area contributed by atoms with Gasteiger partial charge in [0.1, 0.15) is 5.82 Å². The van der Waals surface area contributed by atoms with Gasteiger partial charge in [0.15, 0.2) is 5.96 Å². The summed E-state index contributed by atoms with van der Waals surface area (Å²) >= 11 is 0. The molecule has 0 aromatic heterocycles. The molecule has 1 aliphatic heterocycles. The van der Waals surface area contributed by atoms with Crippen LogP contribution in [-0.4, -0.2) is 63.1 Å². The summed E-state index contributed by atoms with van der Waals surface area (Å²) in [6.07, 6.45) is 2.93. The highest BCUT2D eigenvalue weighted by Crippen LogP contribution is 2.19. The molecule has 1 aromatic carbocycles. The zero-order valence-electron chi connectivity index (χ0n) is 16.2. The van der Waals surface area contributed by atoms with Gasteiger partial charge in [0, 0.05) is 39.8 Å². The van der Waals surface area contributed by atoms with E-state index in [1.165, 1.54) is 18.4 Å². The highest BCUT2D eigenvalue weighted by atomic mass is 127. The maximum absolute atomic E-state index is 13.0. The Hall–Kier alpha value is -0.940. The molecule has 0 spiro atoms. The van der Waals surface area contributed by atoms with Crippen LogP contribution in [0.5, 0.6) is 0 Å². The molecule has 1 saturated heterocycles. The van der Waals surface area contributed by atoms with Gasteiger partial charge in [-0.2, -0.15) is 0 Å². The summed E-state index contributed by atoms with van der Waals surface area (Å²) in [5, 5.41) is 3.28. The second kappa shape index (κ2) is 11.2. The minimum atomic E-state index is -3.09. The maximum Gasteiger partial charge on any atom is 0.211 e. The average molecular weight is 512 g/mol. The number of guanidine groups is 1. The van der Waals surface area contributed by atoms with Crippen LogP contribution in [0.2, 0.25) is 0 Å². The highest BCUT2D eigenvalue weighted by Gasteiger charge is 2.24. The lowest BCUT2D eigenvalue weighted by Gasteiger charge is -2.30. The van der Waals surface area contributed by atoms with Crippen LogP contribution in [0, 0.1) is 11.7 Å². The van der Waals surface area contributed by atoms with Crippen molar-refractivity contribution in [2.45, 2.75) is 26.3 Å². The van der Waals surface area contributed by atoms with Gasteiger partial charge in [0.05, 0.1) is 6.26 Å². The number of nitrogens with zero attached hydrogens (tertiary/aromatic N) is 3. The molecule has 1 N–H and O–H groups in total. The number of rotatable bonds is 6. The Morgan fingerprint density at radius 2 is 1.89 bits per heavy atom. The molecule has 1 aromatic rings. The van der Waals surface area contributed by atoms with Gasteiger partial charge >= 0.3 is 0 Å². The molecule has 27 heavy (non-hydrogen) atoms. The van der Waals surface area contributed by atoms with Crippen molar-refractivity contribution in [2.75, 3.05) is 39.5 Å². The molecule has 0 amide bonds. The van der Waals surface area contributed by atoms with E-state index in [-0.39, 0.29) is 29.8 Å². The van der Waals surface area contributed by atoms with Crippen LogP contribution in [0.25, 0.3) is 0 Å². The largest absolute Gasteiger partial charge is 0.357 e. The third-order valence-corrected chi connectivity index (χ3v) is 5.87. The Morgan fingerprint density at radius 1 is 1.30 bits per heavy atom. The normalized spacial score (nSPS) is 16.7. The number of sulfonamides is 1. The predicted molar refractivity (Wildman–Crippen MR) is 118 cm³/mol. The van der Waals surface area contributed by atoms with Crippen LogP contribution in [0.3, 0.4) is 0 Å². The molecule has 2 rings (SSSR count). The first-order valence-corrected chi connectivity index (χ1v) is 10.8. The lowest BCUT2D eigenvalue weighted by Crippen LogP contribution is -2.40. The summed E-state index contributed by atoms with van der Waals surface area (Å²) in [6, 6.07) is 6.47. The van der Waals surface area contributed by atoms with E-state index < -0.39 is 10.0 Å². The molecular weight excluding hydrogens is 482 g/mol. The van der Waals surface area contributed by atoms with Gasteiger partial charge in [0.25, 0.3) is 0 Å². The number of hydrogen-bond acceptors (Lipinski definition) is 3. The highest BCUT2D eigenvalue weighted by molar-refractivity contribution is 14.0. The molecule has 0 aliphatic carbocycles.